The highest BCUT2D eigenvalue weighted by Crippen LogP contribution is 2.23. The Morgan fingerprint density at radius 2 is 2.23 bits per heavy atom. The van der Waals surface area contributed by atoms with Gasteiger partial charge in [0.05, 0.1) is 0 Å². The van der Waals surface area contributed by atoms with Gasteiger partial charge in [-0.15, -0.1) is 0 Å². The van der Waals surface area contributed by atoms with Gasteiger partial charge in [0, 0.05) is 18.8 Å². The summed E-state index contributed by atoms with van der Waals surface area (Å²) < 4.78 is 5.24. The van der Waals surface area contributed by atoms with Gasteiger partial charge in [-0.25, -0.2) is 4.79 Å². The van der Waals surface area contributed by atoms with Crippen LogP contribution in [-0.4, -0.2) is 29.7 Å². The third-order valence-electron chi connectivity index (χ3n) is 3.38. The lowest BCUT2D eigenvalue weighted by Gasteiger charge is -2.19. The maximum atomic E-state index is 11.7. The third kappa shape index (κ3) is 6.18. The number of thioether (sulfide) groups is 1. The second kappa shape index (κ2) is 7.77. The van der Waals surface area contributed by atoms with Gasteiger partial charge >= 0.3 is 6.09 Å². The number of carbonyl (C=O) groups is 1. The first kappa shape index (κ1) is 17.0. The molecular weight excluding hydrogens is 296 g/mol. The zero-order chi connectivity index (χ0) is 16.0. The monoisotopic (exact) mass is 322 g/mol. The van der Waals surface area contributed by atoms with Gasteiger partial charge in [-0.3, -0.25) is 0 Å². The minimum Gasteiger partial charge on any atom is -0.444 e. The summed E-state index contributed by atoms with van der Waals surface area (Å²) in [6.07, 6.45) is 0.922. The maximum absolute atomic E-state index is 11.7. The number of benzene rings is 1. The fourth-order valence-electron chi connectivity index (χ4n) is 2.29. The van der Waals surface area contributed by atoms with E-state index in [1.807, 2.05) is 44.7 Å². The van der Waals surface area contributed by atoms with E-state index in [9.17, 15) is 4.79 Å². The molecule has 1 fully saturated rings. The molecule has 1 aliphatic rings. The highest BCUT2D eigenvalue weighted by atomic mass is 32.2. The van der Waals surface area contributed by atoms with Crippen LogP contribution in [0, 0.1) is 5.92 Å². The molecule has 0 aromatic heterocycles. The van der Waals surface area contributed by atoms with Gasteiger partial charge in [0.2, 0.25) is 0 Å². The van der Waals surface area contributed by atoms with Crippen LogP contribution in [0.4, 0.5) is 10.5 Å². The van der Waals surface area contributed by atoms with Gasteiger partial charge in [0.25, 0.3) is 0 Å². The largest absolute Gasteiger partial charge is 0.444 e. The molecule has 1 aromatic carbocycles. The van der Waals surface area contributed by atoms with E-state index in [0.717, 1.165) is 23.7 Å². The third-order valence-corrected chi connectivity index (χ3v) is 4.61. The number of alkyl carbamates (subject to hydrolysis) is 1. The van der Waals surface area contributed by atoms with E-state index in [1.54, 1.807) is 0 Å². The Morgan fingerprint density at radius 1 is 1.41 bits per heavy atom. The second-order valence-electron chi connectivity index (χ2n) is 6.67. The van der Waals surface area contributed by atoms with Gasteiger partial charge in [0.1, 0.15) is 5.60 Å². The van der Waals surface area contributed by atoms with Crippen LogP contribution in [0.5, 0.6) is 0 Å². The number of ether oxygens (including phenoxy) is 1. The zero-order valence-corrected chi connectivity index (χ0v) is 14.5. The lowest BCUT2D eigenvalue weighted by molar-refractivity contribution is 0.0523. The molecule has 0 radical (unpaired) electrons. The van der Waals surface area contributed by atoms with E-state index < -0.39 is 5.60 Å². The molecule has 0 saturated carbocycles. The van der Waals surface area contributed by atoms with Gasteiger partial charge in [0.15, 0.2) is 0 Å². The molecule has 1 heterocycles. The molecule has 1 unspecified atom stereocenters. The molecule has 22 heavy (non-hydrogen) atoms. The quantitative estimate of drug-likeness (QED) is 0.864. The molecule has 1 aromatic rings. The maximum Gasteiger partial charge on any atom is 0.407 e. The molecule has 1 amide bonds. The van der Waals surface area contributed by atoms with Crippen molar-refractivity contribution in [3.8, 4) is 0 Å². The highest BCUT2D eigenvalue weighted by molar-refractivity contribution is 7.99. The smallest absolute Gasteiger partial charge is 0.407 e. The number of nitrogens with one attached hydrogen (secondary N) is 2. The van der Waals surface area contributed by atoms with Crippen LogP contribution in [0.25, 0.3) is 0 Å². The number of anilines is 1. The second-order valence-corrected chi connectivity index (χ2v) is 7.82. The highest BCUT2D eigenvalue weighted by Gasteiger charge is 2.16. The summed E-state index contributed by atoms with van der Waals surface area (Å²) in [5.41, 5.74) is 1.71. The van der Waals surface area contributed by atoms with Crippen LogP contribution >= 0.6 is 11.8 Å². The number of rotatable bonds is 5. The standard InChI is InChI=1S/C17H26N2O2S/c1-17(2,3)21-16(20)19-10-13-5-4-6-15(9-13)18-11-14-7-8-22-12-14/h4-6,9,14,18H,7-8,10-12H2,1-3H3,(H,19,20). The van der Waals surface area contributed by atoms with Crippen molar-refractivity contribution < 1.29 is 9.53 Å². The summed E-state index contributed by atoms with van der Waals surface area (Å²) >= 11 is 2.03. The van der Waals surface area contributed by atoms with Crippen LogP contribution in [0.1, 0.15) is 32.8 Å². The van der Waals surface area contributed by atoms with Gasteiger partial charge in [-0.2, -0.15) is 11.8 Å². The first-order valence-electron chi connectivity index (χ1n) is 7.80. The molecule has 2 N–H and O–H groups in total. The lowest BCUT2D eigenvalue weighted by atomic mass is 10.1. The summed E-state index contributed by atoms with van der Waals surface area (Å²) in [6.45, 7) is 7.08. The van der Waals surface area contributed by atoms with Gasteiger partial charge in [-0.1, -0.05) is 12.1 Å². The van der Waals surface area contributed by atoms with Crippen molar-refractivity contribution in [3.63, 3.8) is 0 Å². The molecule has 4 nitrogen and oxygen atoms in total. The molecule has 0 bridgehead atoms. The average Bonchev–Trinajstić information content (AvgIpc) is 2.95. The summed E-state index contributed by atoms with van der Waals surface area (Å²) in [6, 6.07) is 8.17. The fourth-order valence-corrected chi connectivity index (χ4v) is 3.57. The summed E-state index contributed by atoms with van der Waals surface area (Å²) in [7, 11) is 0. The molecule has 0 spiro atoms. The van der Waals surface area contributed by atoms with Crippen molar-refractivity contribution in [3.05, 3.63) is 29.8 Å². The van der Waals surface area contributed by atoms with Crippen LogP contribution in [-0.2, 0) is 11.3 Å². The summed E-state index contributed by atoms with van der Waals surface area (Å²) in [5.74, 6) is 3.31. The molecule has 0 aliphatic carbocycles. The van der Waals surface area contributed by atoms with Gasteiger partial charge in [-0.05, 0) is 62.3 Å². The molecule has 1 saturated heterocycles. The number of amides is 1. The first-order chi connectivity index (χ1) is 10.4. The molecule has 1 atom stereocenters. The molecular formula is C17H26N2O2S. The molecule has 2 rings (SSSR count). The first-order valence-corrected chi connectivity index (χ1v) is 8.95. The number of hydrogen-bond donors (Lipinski definition) is 2. The van der Waals surface area contributed by atoms with E-state index in [-0.39, 0.29) is 6.09 Å². The Kier molecular flexibility index (Phi) is 6.00. The van der Waals surface area contributed by atoms with E-state index in [0.29, 0.717) is 6.54 Å². The minimum absolute atomic E-state index is 0.381. The van der Waals surface area contributed by atoms with Crippen LogP contribution in [0.2, 0.25) is 0 Å². The van der Waals surface area contributed by atoms with E-state index in [1.165, 1.54) is 17.9 Å². The predicted octanol–water partition coefficient (Wildman–Crippen LogP) is 3.88. The Labute approximate surface area is 137 Å². The van der Waals surface area contributed by atoms with Crippen LogP contribution in [0.3, 0.4) is 0 Å². The molecule has 1 aliphatic heterocycles. The topological polar surface area (TPSA) is 50.4 Å². The van der Waals surface area contributed by atoms with Crippen LogP contribution < -0.4 is 10.6 Å². The predicted molar refractivity (Wildman–Crippen MR) is 93.4 cm³/mol. The Balaban J connectivity index is 1.79. The average molecular weight is 322 g/mol. The Bertz CT molecular complexity index is 494. The van der Waals surface area contributed by atoms with Crippen molar-refractivity contribution in [1.29, 1.82) is 0 Å². The minimum atomic E-state index is -0.465. The number of carbonyl (C=O) groups excluding carboxylic acids is 1. The van der Waals surface area contributed by atoms with Crippen molar-refractivity contribution >= 4 is 23.5 Å². The SMILES string of the molecule is CC(C)(C)OC(=O)NCc1cccc(NCC2CCSC2)c1. The van der Waals surface area contributed by atoms with Crippen molar-refractivity contribution in [1.82, 2.24) is 5.32 Å². The Hall–Kier alpha value is -1.36. The van der Waals surface area contributed by atoms with E-state index in [2.05, 4.69) is 22.8 Å². The van der Waals surface area contributed by atoms with E-state index >= 15 is 0 Å². The summed E-state index contributed by atoms with van der Waals surface area (Å²) in [5, 5.41) is 6.28. The number of hydrogen-bond acceptors (Lipinski definition) is 4. The summed E-state index contributed by atoms with van der Waals surface area (Å²) in [4.78, 5) is 11.7. The molecule has 5 heteroatoms. The van der Waals surface area contributed by atoms with Crippen molar-refractivity contribution in [2.75, 3.05) is 23.4 Å². The Morgan fingerprint density at radius 3 is 2.91 bits per heavy atom. The van der Waals surface area contributed by atoms with E-state index in [4.69, 9.17) is 4.74 Å². The van der Waals surface area contributed by atoms with Gasteiger partial charge < -0.3 is 15.4 Å². The van der Waals surface area contributed by atoms with Crippen molar-refractivity contribution in [2.24, 2.45) is 5.92 Å². The normalized spacial score (nSPS) is 18.0. The van der Waals surface area contributed by atoms with Crippen LogP contribution in [0.15, 0.2) is 24.3 Å². The lowest BCUT2D eigenvalue weighted by Crippen LogP contribution is -2.32. The zero-order valence-electron chi connectivity index (χ0n) is 13.6. The van der Waals surface area contributed by atoms with Crippen molar-refractivity contribution in [2.45, 2.75) is 39.3 Å². The molecule has 122 valence electrons. The fraction of sp³-hybridized carbons (Fsp3) is 0.588.